The Labute approximate surface area is 85.0 Å². The fourth-order valence-electron chi connectivity index (χ4n) is 1.00. The Hall–Kier alpha value is -1.19. The molecule has 1 aromatic heterocycles. The quantitative estimate of drug-likeness (QED) is 0.741. The molecule has 1 rings (SSSR count). The number of anilines is 1. The van der Waals surface area contributed by atoms with E-state index in [-0.39, 0.29) is 11.3 Å². The first-order valence-corrected chi connectivity index (χ1v) is 4.82. The molecule has 0 spiro atoms. The Balaban J connectivity index is 3.21. The van der Waals surface area contributed by atoms with Crippen molar-refractivity contribution in [3.05, 3.63) is 11.6 Å². The second-order valence-electron chi connectivity index (χ2n) is 4.78. The van der Waals surface area contributed by atoms with E-state index in [1.807, 2.05) is 13.8 Å². The minimum absolute atomic E-state index is 0.0826. The van der Waals surface area contributed by atoms with Crippen LogP contribution in [0.1, 0.15) is 52.2 Å². The molecule has 2 N–H and O–H groups in total. The fourth-order valence-corrected chi connectivity index (χ4v) is 1.00. The van der Waals surface area contributed by atoms with E-state index < -0.39 is 0 Å². The maximum atomic E-state index is 5.63. The first-order valence-electron chi connectivity index (χ1n) is 4.82. The van der Waals surface area contributed by atoms with Crippen LogP contribution in [-0.2, 0) is 5.41 Å². The second-order valence-corrected chi connectivity index (χ2v) is 4.78. The van der Waals surface area contributed by atoms with E-state index in [9.17, 15) is 0 Å². The highest BCUT2D eigenvalue weighted by Gasteiger charge is 2.19. The molecule has 0 amide bonds. The summed E-state index contributed by atoms with van der Waals surface area (Å²) in [5, 5.41) is 0. The van der Waals surface area contributed by atoms with E-state index in [0.717, 1.165) is 11.6 Å². The lowest BCUT2D eigenvalue weighted by molar-refractivity contribution is 0.533. The topological polar surface area (TPSA) is 64.7 Å². The van der Waals surface area contributed by atoms with Crippen LogP contribution in [-0.4, -0.2) is 15.0 Å². The lowest BCUT2D eigenvalue weighted by atomic mass is 9.95. The van der Waals surface area contributed by atoms with Crippen molar-refractivity contribution in [1.29, 1.82) is 0 Å². The maximum absolute atomic E-state index is 5.63. The molecule has 0 aliphatic heterocycles. The van der Waals surface area contributed by atoms with E-state index in [4.69, 9.17) is 5.73 Å². The molecule has 4 heteroatoms. The molecule has 4 nitrogen and oxygen atoms in total. The highest BCUT2D eigenvalue weighted by atomic mass is 15.1. The monoisotopic (exact) mass is 194 g/mol. The third-order valence-corrected chi connectivity index (χ3v) is 1.86. The Morgan fingerprint density at radius 3 is 2.07 bits per heavy atom. The van der Waals surface area contributed by atoms with Crippen molar-refractivity contribution in [3.8, 4) is 0 Å². The average molecular weight is 194 g/mol. The number of hydrogen-bond acceptors (Lipinski definition) is 4. The summed E-state index contributed by atoms with van der Waals surface area (Å²) in [6, 6.07) is 0. The van der Waals surface area contributed by atoms with Gasteiger partial charge in [-0.3, -0.25) is 0 Å². The highest BCUT2D eigenvalue weighted by molar-refractivity contribution is 5.19. The first kappa shape index (κ1) is 10.9. The standard InChI is InChI=1S/C10H18N4/c1-6(2)7-12-8(10(3,4)5)14-9(11)13-7/h6H,1-5H3,(H2,11,12,13,14). The van der Waals surface area contributed by atoms with Gasteiger partial charge in [0, 0.05) is 11.3 Å². The van der Waals surface area contributed by atoms with Gasteiger partial charge < -0.3 is 5.73 Å². The van der Waals surface area contributed by atoms with Crippen LogP contribution in [0.4, 0.5) is 5.95 Å². The molecule has 1 aromatic rings. The van der Waals surface area contributed by atoms with Crippen molar-refractivity contribution in [2.75, 3.05) is 5.73 Å². The average Bonchev–Trinajstić information content (AvgIpc) is 2.01. The summed E-state index contributed by atoms with van der Waals surface area (Å²) >= 11 is 0. The molecule has 1 heterocycles. The molecule has 0 saturated carbocycles. The Morgan fingerprint density at radius 1 is 1.07 bits per heavy atom. The van der Waals surface area contributed by atoms with Gasteiger partial charge in [-0.2, -0.15) is 9.97 Å². The number of nitrogen functional groups attached to an aromatic ring is 1. The van der Waals surface area contributed by atoms with E-state index in [1.165, 1.54) is 0 Å². The Bertz CT molecular complexity index is 325. The molecule has 14 heavy (non-hydrogen) atoms. The van der Waals surface area contributed by atoms with Gasteiger partial charge in [0.1, 0.15) is 11.6 Å². The number of aromatic nitrogens is 3. The van der Waals surface area contributed by atoms with Crippen molar-refractivity contribution in [1.82, 2.24) is 15.0 Å². The van der Waals surface area contributed by atoms with Crippen LogP contribution in [0.25, 0.3) is 0 Å². The van der Waals surface area contributed by atoms with Crippen molar-refractivity contribution in [2.45, 2.75) is 46.0 Å². The van der Waals surface area contributed by atoms with Gasteiger partial charge in [-0.15, -0.1) is 0 Å². The Kier molecular flexibility index (Phi) is 2.73. The smallest absolute Gasteiger partial charge is 0.223 e. The third-order valence-electron chi connectivity index (χ3n) is 1.86. The summed E-state index contributed by atoms with van der Waals surface area (Å²) in [7, 11) is 0. The number of nitrogens with zero attached hydrogens (tertiary/aromatic N) is 3. The lowest BCUT2D eigenvalue weighted by Gasteiger charge is -2.17. The molecule has 0 aliphatic rings. The van der Waals surface area contributed by atoms with Crippen LogP contribution >= 0.6 is 0 Å². The number of hydrogen-bond donors (Lipinski definition) is 1. The predicted molar refractivity (Wildman–Crippen MR) is 57.0 cm³/mol. The van der Waals surface area contributed by atoms with Gasteiger partial charge in [0.2, 0.25) is 5.95 Å². The van der Waals surface area contributed by atoms with Gasteiger partial charge in [-0.25, -0.2) is 4.98 Å². The van der Waals surface area contributed by atoms with Crippen molar-refractivity contribution in [3.63, 3.8) is 0 Å². The van der Waals surface area contributed by atoms with Gasteiger partial charge in [-0.05, 0) is 0 Å². The van der Waals surface area contributed by atoms with Crippen molar-refractivity contribution >= 4 is 5.95 Å². The summed E-state index contributed by atoms with van der Waals surface area (Å²) in [4.78, 5) is 12.6. The molecular formula is C10H18N4. The van der Waals surface area contributed by atoms with Crippen LogP contribution in [0.15, 0.2) is 0 Å². The number of rotatable bonds is 1. The zero-order chi connectivity index (χ0) is 10.9. The summed E-state index contributed by atoms with van der Waals surface area (Å²) in [5.74, 6) is 2.12. The molecule has 78 valence electrons. The zero-order valence-electron chi connectivity index (χ0n) is 9.50. The van der Waals surface area contributed by atoms with Crippen LogP contribution in [0.2, 0.25) is 0 Å². The first-order chi connectivity index (χ1) is 6.30. The fraction of sp³-hybridized carbons (Fsp3) is 0.700. The molecule has 0 saturated heterocycles. The second kappa shape index (κ2) is 3.52. The molecule has 0 radical (unpaired) electrons. The van der Waals surface area contributed by atoms with Crippen molar-refractivity contribution in [2.24, 2.45) is 0 Å². The largest absolute Gasteiger partial charge is 0.368 e. The van der Waals surface area contributed by atoms with Gasteiger partial charge in [-0.1, -0.05) is 34.6 Å². The summed E-state index contributed by atoms with van der Waals surface area (Å²) in [5.41, 5.74) is 5.55. The van der Waals surface area contributed by atoms with E-state index in [2.05, 4.69) is 35.7 Å². The lowest BCUT2D eigenvalue weighted by Crippen LogP contribution is -2.19. The van der Waals surface area contributed by atoms with Gasteiger partial charge in [0.15, 0.2) is 0 Å². The normalized spacial score (nSPS) is 12.1. The van der Waals surface area contributed by atoms with Crippen LogP contribution < -0.4 is 5.73 Å². The van der Waals surface area contributed by atoms with Crippen LogP contribution in [0, 0.1) is 0 Å². The third kappa shape index (κ3) is 2.40. The van der Waals surface area contributed by atoms with Crippen LogP contribution in [0.5, 0.6) is 0 Å². The minimum atomic E-state index is -0.0826. The molecule has 0 aliphatic carbocycles. The number of nitrogens with two attached hydrogens (primary N) is 1. The Morgan fingerprint density at radius 2 is 1.64 bits per heavy atom. The molecule has 0 fully saturated rings. The summed E-state index contributed by atoms with van der Waals surface area (Å²) in [6.45, 7) is 10.3. The van der Waals surface area contributed by atoms with Gasteiger partial charge in [0.05, 0.1) is 0 Å². The summed E-state index contributed by atoms with van der Waals surface area (Å²) < 4.78 is 0. The maximum Gasteiger partial charge on any atom is 0.223 e. The molecule has 0 bridgehead atoms. The van der Waals surface area contributed by atoms with Gasteiger partial charge in [0.25, 0.3) is 0 Å². The van der Waals surface area contributed by atoms with E-state index in [1.54, 1.807) is 0 Å². The predicted octanol–water partition coefficient (Wildman–Crippen LogP) is 1.87. The van der Waals surface area contributed by atoms with Gasteiger partial charge >= 0.3 is 0 Å². The summed E-state index contributed by atoms with van der Waals surface area (Å²) in [6.07, 6.45) is 0. The highest BCUT2D eigenvalue weighted by Crippen LogP contribution is 2.20. The van der Waals surface area contributed by atoms with Crippen LogP contribution in [0.3, 0.4) is 0 Å². The minimum Gasteiger partial charge on any atom is -0.368 e. The van der Waals surface area contributed by atoms with Crippen molar-refractivity contribution < 1.29 is 0 Å². The van der Waals surface area contributed by atoms with E-state index >= 15 is 0 Å². The SMILES string of the molecule is CC(C)c1nc(N)nc(C(C)(C)C)n1. The molecule has 0 aromatic carbocycles. The molecule has 0 unspecified atom stereocenters. The zero-order valence-corrected chi connectivity index (χ0v) is 9.50. The molecular weight excluding hydrogens is 176 g/mol. The molecule has 0 atom stereocenters. The van der Waals surface area contributed by atoms with E-state index in [0.29, 0.717) is 5.95 Å².